The van der Waals surface area contributed by atoms with Gasteiger partial charge >= 0.3 is 14.3 Å². The smallest absolute Gasteiger partial charge is 0.370 e. The van der Waals surface area contributed by atoms with Crippen LogP contribution in [0, 0.1) is 0 Å². The lowest BCUT2D eigenvalue weighted by atomic mass is 10.3. The van der Waals surface area contributed by atoms with Gasteiger partial charge in [-0.25, -0.2) is 4.57 Å². The van der Waals surface area contributed by atoms with Crippen LogP contribution in [0.3, 0.4) is 0 Å². The van der Waals surface area contributed by atoms with Gasteiger partial charge in [0.05, 0.1) is 17.6 Å². The molecule has 6 heteroatoms. The fourth-order valence-electron chi connectivity index (χ4n) is 1.21. The largest absolute Gasteiger partial charge is 0.393 e. The molecule has 1 heterocycles. The van der Waals surface area contributed by atoms with Crippen molar-refractivity contribution in [3.63, 3.8) is 0 Å². The Bertz CT molecular complexity index is 491. The van der Waals surface area contributed by atoms with E-state index in [0.717, 1.165) is 11.0 Å². The number of para-hydroxylation sites is 2. The summed E-state index contributed by atoms with van der Waals surface area (Å²) in [6.07, 6.45) is 1.50. The molecule has 0 saturated carbocycles. The molecule has 0 aliphatic heterocycles. The number of imidazole rings is 1. The Balaban J connectivity index is 2.09. The lowest BCUT2D eigenvalue weighted by Gasteiger charge is -2.00. The molecule has 0 spiro atoms. The van der Waals surface area contributed by atoms with E-state index in [1.165, 1.54) is 6.08 Å². The van der Waals surface area contributed by atoms with Crippen LogP contribution in [-0.4, -0.2) is 16.6 Å². The Hall–Kier alpha value is -1.58. The molecule has 1 unspecified atom stereocenters. The summed E-state index contributed by atoms with van der Waals surface area (Å²) in [7, 11) is -2.57. The first-order valence-corrected chi connectivity index (χ1v) is 5.92. The van der Waals surface area contributed by atoms with Crippen molar-refractivity contribution in [2.24, 2.45) is 0 Å². The predicted molar refractivity (Wildman–Crippen MR) is 61.9 cm³/mol. The SMILES string of the molecule is C=CCO[PH](=O)Oc1nc2ccccc2[nH]1. The molecule has 0 radical (unpaired) electrons. The van der Waals surface area contributed by atoms with E-state index in [2.05, 4.69) is 16.5 Å². The number of fused-ring (bicyclic) bond motifs is 1. The van der Waals surface area contributed by atoms with E-state index < -0.39 is 8.25 Å². The van der Waals surface area contributed by atoms with Gasteiger partial charge in [-0.15, -0.1) is 6.58 Å². The Morgan fingerprint density at radius 3 is 3.06 bits per heavy atom. The maximum absolute atomic E-state index is 11.3. The van der Waals surface area contributed by atoms with Gasteiger partial charge in [-0.2, -0.15) is 4.98 Å². The second kappa shape index (κ2) is 4.96. The van der Waals surface area contributed by atoms with Crippen LogP contribution in [0.1, 0.15) is 0 Å². The van der Waals surface area contributed by atoms with Crippen molar-refractivity contribution in [2.45, 2.75) is 0 Å². The van der Waals surface area contributed by atoms with Crippen molar-refractivity contribution in [3.05, 3.63) is 36.9 Å². The van der Waals surface area contributed by atoms with E-state index in [1.54, 1.807) is 0 Å². The first kappa shape index (κ1) is 10.9. The van der Waals surface area contributed by atoms with Gasteiger partial charge in [0.2, 0.25) is 0 Å². The van der Waals surface area contributed by atoms with Gasteiger partial charge in [0.1, 0.15) is 0 Å². The lowest BCUT2D eigenvalue weighted by molar-refractivity contribution is 0.312. The molecule has 0 aliphatic carbocycles. The number of H-pyrrole nitrogens is 1. The monoisotopic (exact) mass is 238 g/mol. The van der Waals surface area contributed by atoms with E-state index in [4.69, 9.17) is 9.05 Å². The van der Waals surface area contributed by atoms with Gasteiger partial charge in [-0.3, -0.25) is 4.52 Å². The average Bonchev–Trinajstić information content (AvgIpc) is 2.68. The standard InChI is InChI=1S/C10H11N2O3P/c1-2-7-14-16(13)15-10-11-8-5-3-4-6-9(8)12-10/h2-6,16H,1,7H2,(H,11,12). The molecule has 1 aromatic heterocycles. The molecule has 2 aromatic rings. The number of hydrogen-bond donors (Lipinski definition) is 1. The van der Waals surface area contributed by atoms with Crippen LogP contribution in [0.25, 0.3) is 11.0 Å². The summed E-state index contributed by atoms with van der Waals surface area (Å²) in [5.41, 5.74) is 1.59. The Kier molecular flexibility index (Phi) is 3.39. The molecule has 1 atom stereocenters. The predicted octanol–water partition coefficient (Wildman–Crippen LogP) is 2.53. The first-order valence-electron chi connectivity index (χ1n) is 4.70. The molecule has 0 fully saturated rings. The second-order valence-corrected chi connectivity index (χ2v) is 4.00. The Labute approximate surface area is 93.1 Å². The molecule has 84 valence electrons. The van der Waals surface area contributed by atoms with Crippen molar-refractivity contribution in [1.29, 1.82) is 0 Å². The summed E-state index contributed by atoms with van der Waals surface area (Å²) < 4.78 is 21.1. The third-order valence-electron chi connectivity index (χ3n) is 1.87. The number of aromatic amines is 1. The molecule has 1 aromatic carbocycles. The summed E-state index contributed by atoms with van der Waals surface area (Å²) in [4.78, 5) is 6.99. The number of hydrogen-bond acceptors (Lipinski definition) is 4. The van der Waals surface area contributed by atoms with Crippen molar-refractivity contribution < 1.29 is 13.6 Å². The molecule has 1 N–H and O–H groups in total. The molecular weight excluding hydrogens is 227 g/mol. The number of aromatic nitrogens is 2. The molecule has 5 nitrogen and oxygen atoms in total. The summed E-state index contributed by atoms with van der Waals surface area (Å²) in [5.74, 6) is 0. The zero-order valence-corrected chi connectivity index (χ0v) is 9.47. The minimum absolute atomic E-state index is 0.192. The maximum Gasteiger partial charge on any atom is 0.370 e. The highest BCUT2D eigenvalue weighted by atomic mass is 31.1. The molecule has 2 rings (SSSR count). The van der Waals surface area contributed by atoms with E-state index in [0.29, 0.717) is 0 Å². The molecule has 16 heavy (non-hydrogen) atoms. The maximum atomic E-state index is 11.3. The van der Waals surface area contributed by atoms with Gasteiger partial charge < -0.3 is 9.51 Å². The fourth-order valence-corrected chi connectivity index (χ4v) is 1.78. The van der Waals surface area contributed by atoms with Crippen LogP contribution in [0.15, 0.2) is 36.9 Å². The topological polar surface area (TPSA) is 64.2 Å². The van der Waals surface area contributed by atoms with Crippen LogP contribution < -0.4 is 4.52 Å². The van der Waals surface area contributed by atoms with Gasteiger partial charge in [-0.05, 0) is 12.1 Å². The highest BCUT2D eigenvalue weighted by Crippen LogP contribution is 2.27. The van der Waals surface area contributed by atoms with E-state index in [9.17, 15) is 4.57 Å². The summed E-state index contributed by atoms with van der Waals surface area (Å²) in [6.45, 7) is 3.64. The van der Waals surface area contributed by atoms with E-state index in [1.807, 2.05) is 24.3 Å². The minimum atomic E-state index is -2.57. The summed E-state index contributed by atoms with van der Waals surface area (Å²) >= 11 is 0. The van der Waals surface area contributed by atoms with Crippen molar-refractivity contribution >= 4 is 19.3 Å². The van der Waals surface area contributed by atoms with Crippen LogP contribution in [0.5, 0.6) is 6.01 Å². The van der Waals surface area contributed by atoms with Crippen LogP contribution in [-0.2, 0) is 9.09 Å². The van der Waals surface area contributed by atoms with Gasteiger partial charge in [0.15, 0.2) is 0 Å². The Morgan fingerprint density at radius 2 is 2.31 bits per heavy atom. The normalized spacial score (nSPS) is 12.5. The molecule has 0 bridgehead atoms. The van der Waals surface area contributed by atoms with Gasteiger partial charge in [-0.1, -0.05) is 18.2 Å². The zero-order valence-electron chi connectivity index (χ0n) is 8.47. The highest BCUT2D eigenvalue weighted by molar-refractivity contribution is 7.33. The van der Waals surface area contributed by atoms with Crippen molar-refractivity contribution in [1.82, 2.24) is 9.97 Å². The summed E-state index contributed by atoms with van der Waals surface area (Å²) in [5, 5.41) is 0. The third kappa shape index (κ3) is 2.51. The molecule has 0 saturated heterocycles. The first-order chi connectivity index (χ1) is 7.79. The Morgan fingerprint density at radius 1 is 1.50 bits per heavy atom. The van der Waals surface area contributed by atoms with Crippen molar-refractivity contribution in [2.75, 3.05) is 6.61 Å². The quantitative estimate of drug-likeness (QED) is 0.642. The van der Waals surface area contributed by atoms with Crippen LogP contribution in [0.2, 0.25) is 0 Å². The fraction of sp³-hybridized carbons (Fsp3) is 0.100. The second-order valence-electron chi connectivity index (χ2n) is 3.01. The number of nitrogens with one attached hydrogen (secondary N) is 1. The zero-order chi connectivity index (χ0) is 11.4. The third-order valence-corrected chi connectivity index (χ3v) is 2.63. The van der Waals surface area contributed by atoms with Crippen LogP contribution >= 0.6 is 8.25 Å². The van der Waals surface area contributed by atoms with E-state index >= 15 is 0 Å². The lowest BCUT2D eigenvalue weighted by Crippen LogP contribution is -1.88. The van der Waals surface area contributed by atoms with E-state index in [-0.39, 0.29) is 12.6 Å². The van der Waals surface area contributed by atoms with Gasteiger partial charge in [0.25, 0.3) is 0 Å². The molecular formula is C10H11N2O3P. The van der Waals surface area contributed by atoms with Gasteiger partial charge in [0, 0.05) is 0 Å². The van der Waals surface area contributed by atoms with Crippen molar-refractivity contribution in [3.8, 4) is 6.01 Å². The molecule has 0 aliphatic rings. The van der Waals surface area contributed by atoms with Crippen LogP contribution in [0.4, 0.5) is 0 Å². The number of nitrogens with zero attached hydrogens (tertiary/aromatic N) is 1. The number of rotatable bonds is 5. The highest BCUT2D eigenvalue weighted by Gasteiger charge is 2.06. The summed E-state index contributed by atoms with van der Waals surface area (Å²) in [6, 6.07) is 7.64. The number of benzene rings is 1. The minimum Gasteiger partial charge on any atom is -0.393 e. The average molecular weight is 238 g/mol. The molecule has 0 amide bonds.